The van der Waals surface area contributed by atoms with Crippen molar-refractivity contribution < 1.29 is 19.1 Å². The standard InChI is InChI=1S/C10H12O5/c1-3-4-14-9(12)8-7(11)5-6(2)15-10(8)13/h5,11H,3-4H2,1-2H3. The molecule has 0 radical (unpaired) electrons. The average Bonchev–Trinajstić information content (AvgIpc) is 2.12. The van der Waals surface area contributed by atoms with Crippen LogP contribution < -0.4 is 5.63 Å². The average molecular weight is 212 g/mol. The van der Waals surface area contributed by atoms with E-state index < -0.39 is 22.9 Å². The Balaban J connectivity index is 3.04. The maximum absolute atomic E-state index is 11.3. The van der Waals surface area contributed by atoms with Gasteiger partial charge >= 0.3 is 11.6 Å². The number of aromatic hydroxyl groups is 1. The Morgan fingerprint density at radius 2 is 2.27 bits per heavy atom. The predicted octanol–water partition coefficient (Wildman–Crippen LogP) is 1.22. The Morgan fingerprint density at radius 3 is 2.80 bits per heavy atom. The highest BCUT2D eigenvalue weighted by atomic mass is 16.5. The Bertz CT molecular complexity index is 418. The lowest BCUT2D eigenvalue weighted by atomic mass is 10.2. The molecule has 0 fully saturated rings. The number of carbonyl (C=O) groups excluding carboxylic acids is 1. The van der Waals surface area contributed by atoms with Gasteiger partial charge in [0.1, 0.15) is 11.5 Å². The van der Waals surface area contributed by atoms with Crippen molar-refractivity contribution in [3.63, 3.8) is 0 Å². The van der Waals surface area contributed by atoms with E-state index >= 15 is 0 Å². The van der Waals surface area contributed by atoms with E-state index in [1.165, 1.54) is 13.0 Å². The molecule has 1 aromatic rings. The topological polar surface area (TPSA) is 76.7 Å². The third kappa shape index (κ3) is 2.59. The lowest BCUT2D eigenvalue weighted by molar-refractivity contribution is 0.0496. The summed E-state index contributed by atoms with van der Waals surface area (Å²) in [7, 11) is 0. The number of hydrogen-bond donors (Lipinski definition) is 1. The van der Waals surface area contributed by atoms with Gasteiger partial charge in [0.05, 0.1) is 6.61 Å². The van der Waals surface area contributed by atoms with Gasteiger partial charge < -0.3 is 14.3 Å². The van der Waals surface area contributed by atoms with Crippen LogP contribution in [-0.4, -0.2) is 17.7 Å². The van der Waals surface area contributed by atoms with Crippen molar-refractivity contribution in [1.82, 2.24) is 0 Å². The molecule has 5 nitrogen and oxygen atoms in total. The molecular formula is C10H12O5. The van der Waals surface area contributed by atoms with Gasteiger partial charge in [-0.1, -0.05) is 6.92 Å². The van der Waals surface area contributed by atoms with Gasteiger partial charge in [-0.05, 0) is 13.3 Å². The molecule has 0 aliphatic carbocycles. The zero-order chi connectivity index (χ0) is 11.4. The molecule has 5 heteroatoms. The lowest BCUT2D eigenvalue weighted by Gasteiger charge is -2.03. The van der Waals surface area contributed by atoms with Gasteiger partial charge in [0.15, 0.2) is 5.56 Å². The largest absolute Gasteiger partial charge is 0.507 e. The fourth-order valence-corrected chi connectivity index (χ4v) is 1.05. The minimum absolute atomic E-state index is 0.200. The van der Waals surface area contributed by atoms with E-state index in [1.54, 1.807) is 0 Å². The third-order valence-electron chi connectivity index (χ3n) is 1.70. The molecule has 0 bridgehead atoms. The Kier molecular flexibility index (Phi) is 3.49. The van der Waals surface area contributed by atoms with E-state index in [0.29, 0.717) is 6.42 Å². The normalized spacial score (nSPS) is 10.0. The number of aryl methyl sites for hydroxylation is 1. The molecule has 0 aliphatic rings. The molecule has 1 rings (SSSR count). The summed E-state index contributed by atoms with van der Waals surface area (Å²) in [5, 5.41) is 9.38. The lowest BCUT2D eigenvalue weighted by Crippen LogP contribution is -2.17. The second-order valence-corrected chi connectivity index (χ2v) is 3.04. The summed E-state index contributed by atoms with van der Waals surface area (Å²) < 4.78 is 9.39. The number of ether oxygens (including phenoxy) is 1. The Labute approximate surface area is 86.3 Å². The van der Waals surface area contributed by atoms with Crippen molar-refractivity contribution in [1.29, 1.82) is 0 Å². The smallest absolute Gasteiger partial charge is 0.354 e. The molecule has 0 atom stereocenters. The Morgan fingerprint density at radius 1 is 1.60 bits per heavy atom. The number of esters is 1. The maximum Gasteiger partial charge on any atom is 0.354 e. The fraction of sp³-hybridized carbons (Fsp3) is 0.400. The molecule has 0 aromatic carbocycles. The van der Waals surface area contributed by atoms with E-state index in [9.17, 15) is 14.7 Å². The van der Waals surface area contributed by atoms with Crippen molar-refractivity contribution in [2.24, 2.45) is 0 Å². The quantitative estimate of drug-likeness (QED) is 0.762. The Hall–Kier alpha value is -1.78. The predicted molar refractivity (Wildman–Crippen MR) is 52.0 cm³/mol. The van der Waals surface area contributed by atoms with Crippen LogP contribution in [-0.2, 0) is 4.74 Å². The number of carbonyl (C=O) groups is 1. The van der Waals surface area contributed by atoms with E-state index in [1.807, 2.05) is 6.92 Å². The molecule has 1 N–H and O–H groups in total. The third-order valence-corrected chi connectivity index (χ3v) is 1.70. The summed E-state index contributed by atoms with van der Waals surface area (Å²) in [6.45, 7) is 3.53. The molecule has 0 aliphatic heterocycles. The fourth-order valence-electron chi connectivity index (χ4n) is 1.05. The highest BCUT2D eigenvalue weighted by molar-refractivity contribution is 5.91. The first-order valence-electron chi connectivity index (χ1n) is 4.57. The van der Waals surface area contributed by atoms with Crippen molar-refractivity contribution >= 4 is 5.97 Å². The van der Waals surface area contributed by atoms with Gasteiger partial charge in [-0.3, -0.25) is 0 Å². The van der Waals surface area contributed by atoms with Gasteiger partial charge in [0.25, 0.3) is 0 Å². The first kappa shape index (κ1) is 11.3. The van der Waals surface area contributed by atoms with Crippen molar-refractivity contribution in [2.75, 3.05) is 6.61 Å². The van der Waals surface area contributed by atoms with Crippen LogP contribution in [0.3, 0.4) is 0 Å². The highest BCUT2D eigenvalue weighted by Gasteiger charge is 2.19. The summed E-state index contributed by atoms with van der Waals surface area (Å²) in [5.74, 6) is -1.03. The maximum atomic E-state index is 11.3. The molecule has 1 heterocycles. The van der Waals surface area contributed by atoms with Crippen molar-refractivity contribution in [3.8, 4) is 5.75 Å². The molecule has 1 aromatic heterocycles. The molecule has 15 heavy (non-hydrogen) atoms. The summed E-state index contributed by atoms with van der Waals surface area (Å²) in [6.07, 6.45) is 0.643. The van der Waals surface area contributed by atoms with Crippen LogP contribution in [0, 0.1) is 6.92 Å². The number of rotatable bonds is 3. The summed E-state index contributed by atoms with van der Waals surface area (Å²) in [5.41, 5.74) is -1.33. The molecule has 82 valence electrons. The minimum atomic E-state index is -0.881. The zero-order valence-electron chi connectivity index (χ0n) is 8.57. The van der Waals surface area contributed by atoms with E-state index in [2.05, 4.69) is 4.42 Å². The molecule has 0 saturated heterocycles. The second-order valence-electron chi connectivity index (χ2n) is 3.04. The first-order valence-corrected chi connectivity index (χ1v) is 4.57. The van der Waals surface area contributed by atoms with Crippen LogP contribution in [0.1, 0.15) is 29.5 Å². The summed E-state index contributed by atoms with van der Waals surface area (Å²) >= 11 is 0. The second kappa shape index (κ2) is 4.63. The van der Waals surface area contributed by atoms with E-state index in [4.69, 9.17) is 4.74 Å². The van der Waals surface area contributed by atoms with Crippen molar-refractivity contribution in [3.05, 3.63) is 27.8 Å². The van der Waals surface area contributed by atoms with Gasteiger partial charge in [-0.25, -0.2) is 9.59 Å². The van der Waals surface area contributed by atoms with Crippen LogP contribution in [0.15, 0.2) is 15.3 Å². The van der Waals surface area contributed by atoms with E-state index in [0.717, 1.165) is 0 Å². The first-order chi connectivity index (χ1) is 7.06. The van der Waals surface area contributed by atoms with E-state index in [-0.39, 0.29) is 12.4 Å². The van der Waals surface area contributed by atoms with Gasteiger partial charge in [0, 0.05) is 6.07 Å². The molecular weight excluding hydrogens is 200 g/mol. The molecule has 0 unspecified atom stereocenters. The zero-order valence-corrected chi connectivity index (χ0v) is 8.57. The van der Waals surface area contributed by atoms with Gasteiger partial charge in [0.2, 0.25) is 0 Å². The van der Waals surface area contributed by atoms with Crippen LogP contribution in [0.25, 0.3) is 0 Å². The molecule has 0 saturated carbocycles. The monoisotopic (exact) mass is 212 g/mol. The summed E-state index contributed by atoms with van der Waals surface area (Å²) in [6, 6.07) is 1.20. The summed E-state index contributed by atoms with van der Waals surface area (Å²) in [4.78, 5) is 22.6. The van der Waals surface area contributed by atoms with Crippen LogP contribution >= 0.6 is 0 Å². The van der Waals surface area contributed by atoms with Crippen LogP contribution in [0.4, 0.5) is 0 Å². The van der Waals surface area contributed by atoms with Crippen molar-refractivity contribution in [2.45, 2.75) is 20.3 Å². The number of hydrogen-bond acceptors (Lipinski definition) is 5. The highest BCUT2D eigenvalue weighted by Crippen LogP contribution is 2.15. The van der Waals surface area contributed by atoms with Crippen LogP contribution in [0.2, 0.25) is 0 Å². The minimum Gasteiger partial charge on any atom is -0.507 e. The molecule has 0 amide bonds. The van der Waals surface area contributed by atoms with Crippen LogP contribution in [0.5, 0.6) is 5.75 Å². The van der Waals surface area contributed by atoms with Gasteiger partial charge in [-0.2, -0.15) is 0 Å². The van der Waals surface area contributed by atoms with Gasteiger partial charge in [-0.15, -0.1) is 0 Å². The molecule has 0 spiro atoms. The SMILES string of the molecule is CCCOC(=O)c1c(O)cc(C)oc1=O.